The first-order chi connectivity index (χ1) is 11.9. The Bertz CT molecular complexity index is 813. The molecule has 0 amide bonds. The summed E-state index contributed by atoms with van der Waals surface area (Å²) in [6, 6.07) is 11.8. The van der Waals surface area contributed by atoms with Crippen LogP contribution in [0.3, 0.4) is 0 Å². The van der Waals surface area contributed by atoms with E-state index in [1.165, 1.54) is 21.3 Å². The topological polar surface area (TPSA) is 61.8 Å². The lowest BCUT2D eigenvalue weighted by atomic mass is 10.0. The third-order valence-electron chi connectivity index (χ3n) is 4.05. The van der Waals surface area contributed by atoms with E-state index in [1.807, 2.05) is 13.8 Å². The highest BCUT2D eigenvalue weighted by atomic mass is 32.2. The quantitative estimate of drug-likeness (QED) is 0.746. The largest absolute Gasteiger partial charge is 0.496 e. The lowest BCUT2D eigenvalue weighted by Crippen LogP contribution is -2.20. The zero-order chi connectivity index (χ0) is 18.6. The molecule has 25 heavy (non-hydrogen) atoms. The summed E-state index contributed by atoms with van der Waals surface area (Å²) in [4.78, 5) is 0.283. The second-order valence-corrected chi connectivity index (χ2v) is 8.04. The second kappa shape index (κ2) is 7.78. The molecule has 0 aromatic heterocycles. The molecule has 6 heteroatoms. The number of ether oxygens (including phenoxy) is 3. The molecule has 0 spiro atoms. The first-order valence-electron chi connectivity index (χ1n) is 7.95. The predicted molar refractivity (Wildman–Crippen MR) is 97.3 cm³/mol. The van der Waals surface area contributed by atoms with E-state index in [9.17, 15) is 8.42 Å². The molecule has 1 unspecified atom stereocenters. The first-order valence-corrected chi connectivity index (χ1v) is 9.50. The van der Waals surface area contributed by atoms with Crippen LogP contribution in [0.2, 0.25) is 0 Å². The normalized spacial score (nSPS) is 12.7. The average molecular weight is 364 g/mol. The van der Waals surface area contributed by atoms with Gasteiger partial charge in [0, 0.05) is 11.6 Å². The molecule has 1 atom stereocenters. The summed E-state index contributed by atoms with van der Waals surface area (Å²) >= 11 is 0. The molecule has 0 fully saturated rings. The minimum atomic E-state index is -3.61. The maximum atomic E-state index is 13.3. The van der Waals surface area contributed by atoms with E-state index in [0.717, 1.165) is 0 Å². The summed E-state index contributed by atoms with van der Waals surface area (Å²) in [6.45, 7) is 3.75. The van der Waals surface area contributed by atoms with Crippen molar-refractivity contribution in [3.63, 3.8) is 0 Å². The van der Waals surface area contributed by atoms with E-state index >= 15 is 0 Å². The molecule has 5 nitrogen and oxygen atoms in total. The van der Waals surface area contributed by atoms with Crippen molar-refractivity contribution in [2.75, 3.05) is 21.3 Å². The fraction of sp³-hybridized carbons (Fsp3) is 0.368. The number of methoxy groups -OCH3 is 3. The number of hydrogen-bond acceptors (Lipinski definition) is 5. The highest BCUT2D eigenvalue weighted by Crippen LogP contribution is 2.44. The van der Waals surface area contributed by atoms with Gasteiger partial charge in [-0.3, -0.25) is 0 Å². The Morgan fingerprint density at radius 3 is 1.80 bits per heavy atom. The molecule has 2 rings (SSSR count). The maximum Gasteiger partial charge on any atom is 0.185 e. The third kappa shape index (κ3) is 3.74. The van der Waals surface area contributed by atoms with Gasteiger partial charge in [-0.05, 0) is 24.1 Å². The molecule has 0 aliphatic rings. The molecule has 0 saturated carbocycles. The van der Waals surface area contributed by atoms with Crippen LogP contribution in [0.4, 0.5) is 0 Å². The minimum absolute atomic E-state index is 0.169. The molecule has 0 saturated heterocycles. The Balaban J connectivity index is 2.70. The van der Waals surface area contributed by atoms with Crippen LogP contribution in [0, 0.1) is 5.92 Å². The molecular weight excluding hydrogens is 340 g/mol. The highest BCUT2D eigenvalue weighted by Gasteiger charge is 2.35. The van der Waals surface area contributed by atoms with Crippen LogP contribution < -0.4 is 14.2 Å². The Morgan fingerprint density at radius 2 is 1.32 bits per heavy atom. The van der Waals surface area contributed by atoms with Gasteiger partial charge in [-0.15, -0.1) is 0 Å². The lowest BCUT2D eigenvalue weighted by molar-refractivity contribution is 0.346. The second-order valence-electron chi connectivity index (χ2n) is 5.97. The average Bonchev–Trinajstić information content (AvgIpc) is 2.61. The predicted octanol–water partition coefficient (Wildman–Crippen LogP) is 3.88. The number of hydrogen-bond donors (Lipinski definition) is 0. The summed E-state index contributed by atoms with van der Waals surface area (Å²) in [5.74, 6) is 1.24. The Labute approximate surface area is 149 Å². The minimum Gasteiger partial charge on any atom is -0.496 e. The van der Waals surface area contributed by atoms with Crippen molar-refractivity contribution in [2.24, 2.45) is 5.92 Å². The van der Waals surface area contributed by atoms with Crippen molar-refractivity contribution < 1.29 is 22.6 Å². The van der Waals surface area contributed by atoms with Gasteiger partial charge in [-0.25, -0.2) is 8.42 Å². The Hall–Kier alpha value is -2.21. The van der Waals surface area contributed by atoms with Gasteiger partial charge in [0.1, 0.15) is 5.75 Å². The molecule has 0 aliphatic carbocycles. The zero-order valence-electron chi connectivity index (χ0n) is 15.1. The maximum absolute atomic E-state index is 13.3. The van der Waals surface area contributed by atoms with Gasteiger partial charge >= 0.3 is 0 Å². The van der Waals surface area contributed by atoms with Crippen LogP contribution in [-0.4, -0.2) is 29.7 Å². The van der Waals surface area contributed by atoms with Gasteiger partial charge in [0.2, 0.25) is 0 Å². The summed E-state index contributed by atoms with van der Waals surface area (Å²) in [7, 11) is 0.948. The molecule has 0 heterocycles. The standard InChI is InChI=1S/C19H24O5S/c1-13(2)19(25(20,21)14-9-7-6-8-10-14)15-11-17(23-4)18(24-5)12-16(15)22-3/h6-13,19H,1-5H3. The Morgan fingerprint density at radius 1 is 0.800 bits per heavy atom. The SMILES string of the molecule is COc1cc(OC)c(C(C(C)C)S(=O)(=O)c2ccccc2)cc1OC. The molecule has 0 aliphatic heterocycles. The molecule has 0 N–H and O–H groups in total. The van der Waals surface area contributed by atoms with Crippen molar-refractivity contribution in [3.05, 3.63) is 48.0 Å². The van der Waals surface area contributed by atoms with Crippen molar-refractivity contribution in [2.45, 2.75) is 24.0 Å². The molecule has 0 radical (unpaired) electrons. The van der Waals surface area contributed by atoms with Crippen molar-refractivity contribution in [1.29, 1.82) is 0 Å². The fourth-order valence-electron chi connectivity index (χ4n) is 2.92. The van der Waals surface area contributed by atoms with Crippen LogP contribution in [0.5, 0.6) is 17.2 Å². The number of sulfone groups is 1. The van der Waals surface area contributed by atoms with Crippen molar-refractivity contribution >= 4 is 9.84 Å². The van der Waals surface area contributed by atoms with E-state index in [-0.39, 0.29) is 10.8 Å². The van der Waals surface area contributed by atoms with Gasteiger partial charge in [0.05, 0.1) is 31.5 Å². The fourth-order valence-corrected chi connectivity index (χ4v) is 4.98. The van der Waals surface area contributed by atoms with E-state index in [0.29, 0.717) is 22.8 Å². The molecular formula is C19H24O5S. The molecule has 2 aromatic carbocycles. The van der Waals surface area contributed by atoms with Gasteiger partial charge in [0.25, 0.3) is 0 Å². The van der Waals surface area contributed by atoms with E-state index in [4.69, 9.17) is 14.2 Å². The van der Waals surface area contributed by atoms with E-state index < -0.39 is 15.1 Å². The summed E-state index contributed by atoms with van der Waals surface area (Å²) in [6.07, 6.45) is 0. The molecule has 2 aromatic rings. The van der Waals surface area contributed by atoms with Crippen molar-refractivity contribution in [1.82, 2.24) is 0 Å². The summed E-state index contributed by atoms with van der Waals surface area (Å²) in [5, 5.41) is -0.773. The summed E-state index contributed by atoms with van der Waals surface area (Å²) in [5.41, 5.74) is 0.555. The van der Waals surface area contributed by atoms with Crippen LogP contribution >= 0.6 is 0 Å². The van der Waals surface area contributed by atoms with Crippen LogP contribution in [0.1, 0.15) is 24.7 Å². The number of benzene rings is 2. The monoisotopic (exact) mass is 364 g/mol. The van der Waals surface area contributed by atoms with E-state index in [1.54, 1.807) is 42.5 Å². The van der Waals surface area contributed by atoms with Crippen LogP contribution in [-0.2, 0) is 9.84 Å². The first kappa shape index (κ1) is 19.1. The van der Waals surface area contributed by atoms with Gasteiger partial charge in [-0.1, -0.05) is 32.0 Å². The third-order valence-corrected chi connectivity index (χ3v) is 6.45. The molecule has 0 bridgehead atoms. The van der Waals surface area contributed by atoms with Gasteiger partial charge in [0.15, 0.2) is 21.3 Å². The van der Waals surface area contributed by atoms with E-state index in [2.05, 4.69) is 0 Å². The van der Waals surface area contributed by atoms with Crippen LogP contribution in [0.25, 0.3) is 0 Å². The van der Waals surface area contributed by atoms with Crippen LogP contribution in [0.15, 0.2) is 47.4 Å². The Kier molecular flexibility index (Phi) is 5.95. The molecule has 136 valence electrons. The lowest BCUT2D eigenvalue weighted by Gasteiger charge is -2.25. The van der Waals surface area contributed by atoms with Gasteiger partial charge < -0.3 is 14.2 Å². The van der Waals surface area contributed by atoms with Gasteiger partial charge in [-0.2, -0.15) is 0 Å². The smallest absolute Gasteiger partial charge is 0.185 e. The van der Waals surface area contributed by atoms with Crippen molar-refractivity contribution in [3.8, 4) is 17.2 Å². The number of rotatable bonds is 7. The zero-order valence-corrected chi connectivity index (χ0v) is 16.0. The highest BCUT2D eigenvalue weighted by molar-refractivity contribution is 7.91. The summed E-state index contributed by atoms with van der Waals surface area (Å²) < 4.78 is 42.6.